The van der Waals surface area contributed by atoms with Gasteiger partial charge in [-0.1, -0.05) is 34.1 Å². The van der Waals surface area contributed by atoms with Gasteiger partial charge in [0, 0.05) is 10.4 Å². The summed E-state index contributed by atoms with van der Waals surface area (Å²) in [6.45, 7) is 2.51. The highest BCUT2D eigenvalue weighted by Gasteiger charge is 2.27. The topological polar surface area (TPSA) is 38.3 Å². The molecule has 0 radical (unpaired) electrons. The van der Waals surface area contributed by atoms with Gasteiger partial charge in [0.25, 0.3) is 0 Å². The van der Waals surface area contributed by atoms with Crippen molar-refractivity contribution in [2.75, 3.05) is 11.9 Å². The molecule has 4 heteroatoms. The summed E-state index contributed by atoms with van der Waals surface area (Å²) in [4.78, 5) is 12.5. The van der Waals surface area contributed by atoms with E-state index in [0.717, 1.165) is 28.8 Å². The molecule has 3 rings (SSSR count). The van der Waals surface area contributed by atoms with Gasteiger partial charge in [-0.25, -0.2) is 0 Å². The maximum atomic E-state index is 12.5. The van der Waals surface area contributed by atoms with Gasteiger partial charge in [0.2, 0.25) is 5.91 Å². The third-order valence-corrected chi connectivity index (χ3v) is 4.41. The largest absolute Gasteiger partial charge is 0.492 e. The molecule has 0 spiro atoms. The van der Waals surface area contributed by atoms with Gasteiger partial charge in [0.1, 0.15) is 5.75 Å². The van der Waals surface area contributed by atoms with E-state index >= 15 is 0 Å². The van der Waals surface area contributed by atoms with Crippen LogP contribution in [0.25, 0.3) is 0 Å². The van der Waals surface area contributed by atoms with E-state index in [4.69, 9.17) is 4.74 Å². The average Bonchev–Trinajstić information content (AvgIpc) is 2.92. The number of carbonyl (C=O) groups excluding carboxylic acids is 1. The molecule has 3 nitrogen and oxygen atoms in total. The van der Waals surface area contributed by atoms with Gasteiger partial charge < -0.3 is 10.1 Å². The number of anilines is 1. The molecule has 2 aromatic rings. The fourth-order valence-corrected chi connectivity index (χ4v) is 3.27. The standard InChI is InChI=1S/C18H18BrNO2/c1-2-22-17-6-4-3-5-16(17)20-18(21)14-9-12-7-8-15(19)11-13(12)10-14/h3-8,11,14H,2,9-10H2,1H3,(H,20,21). The first-order valence-corrected chi connectivity index (χ1v) is 8.26. The predicted molar refractivity (Wildman–Crippen MR) is 91.3 cm³/mol. The number of para-hydroxylation sites is 2. The second-order valence-electron chi connectivity index (χ2n) is 5.44. The van der Waals surface area contributed by atoms with Crippen molar-refractivity contribution in [3.05, 3.63) is 58.1 Å². The predicted octanol–water partition coefficient (Wildman–Crippen LogP) is 4.20. The van der Waals surface area contributed by atoms with E-state index in [1.165, 1.54) is 11.1 Å². The lowest BCUT2D eigenvalue weighted by molar-refractivity contribution is -0.119. The molecule has 0 heterocycles. The Labute approximate surface area is 138 Å². The van der Waals surface area contributed by atoms with Gasteiger partial charge in [-0.15, -0.1) is 0 Å². The lowest BCUT2D eigenvalue weighted by Gasteiger charge is -2.14. The molecule has 0 fully saturated rings. The molecule has 0 saturated carbocycles. The zero-order valence-corrected chi connectivity index (χ0v) is 14.0. The van der Waals surface area contributed by atoms with Crippen LogP contribution < -0.4 is 10.1 Å². The molecule has 1 N–H and O–H groups in total. The molecule has 1 atom stereocenters. The molecule has 0 aliphatic heterocycles. The van der Waals surface area contributed by atoms with Crippen LogP contribution in [-0.4, -0.2) is 12.5 Å². The number of ether oxygens (including phenoxy) is 1. The first-order valence-electron chi connectivity index (χ1n) is 7.47. The van der Waals surface area contributed by atoms with Crippen LogP contribution in [0, 0.1) is 5.92 Å². The molecule has 1 amide bonds. The van der Waals surface area contributed by atoms with E-state index in [0.29, 0.717) is 6.61 Å². The normalized spacial score (nSPS) is 16.2. The molecule has 2 aromatic carbocycles. The quantitative estimate of drug-likeness (QED) is 0.888. The van der Waals surface area contributed by atoms with Crippen molar-refractivity contribution in [3.63, 3.8) is 0 Å². The highest BCUT2D eigenvalue weighted by Crippen LogP contribution is 2.31. The van der Waals surface area contributed by atoms with Gasteiger partial charge in [-0.05, 0) is 55.2 Å². The van der Waals surface area contributed by atoms with Crippen molar-refractivity contribution < 1.29 is 9.53 Å². The highest BCUT2D eigenvalue weighted by molar-refractivity contribution is 9.10. The minimum Gasteiger partial charge on any atom is -0.492 e. The van der Waals surface area contributed by atoms with Crippen LogP contribution in [0.5, 0.6) is 5.75 Å². The molecule has 1 unspecified atom stereocenters. The SMILES string of the molecule is CCOc1ccccc1NC(=O)C1Cc2ccc(Br)cc2C1. The Kier molecular flexibility index (Phi) is 4.48. The number of amides is 1. The smallest absolute Gasteiger partial charge is 0.228 e. The van der Waals surface area contributed by atoms with Gasteiger partial charge in [0.05, 0.1) is 12.3 Å². The Hall–Kier alpha value is -1.81. The Balaban J connectivity index is 1.72. The van der Waals surface area contributed by atoms with Crippen molar-refractivity contribution >= 4 is 27.5 Å². The molecule has 1 aliphatic carbocycles. The first-order chi connectivity index (χ1) is 10.7. The Morgan fingerprint density at radius 1 is 1.23 bits per heavy atom. The van der Waals surface area contributed by atoms with Crippen molar-refractivity contribution in [1.29, 1.82) is 0 Å². The second-order valence-corrected chi connectivity index (χ2v) is 6.35. The lowest BCUT2D eigenvalue weighted by atomic mass is 10.1. The maximum absolute atomic E-state index is 12.5. The van der Waals surface area contributed by atoms with Gasteiger partial charge in [-0.2, -0.15) is 0 Å². The zero-order chi connectivity index (χ0) is 15.5. The van der Waals surface area contributed by atoms with Crippen molar-refractivity contribution in [3.8, 4) is 5.75 Å². The Bertz CT molecular complexity index is 699. The summed E-state index contributed by atoms with van der Waals surface area (Å²) < 4.78 is 6.62. The Morgan fingerprint density at radius 2 is 2.00 bits per heavy atom. The van der Waals surface area contributed by atoms with E-state index in [-0.39, 0.29) is 11.8 Å². The van der Waals surface area contributed by atoms with E-state index in [2.05, 4.69) is 33.4 Å². The fraction of sp³-hybridized carbons (Fsp3) is 0.278. The highest BCUT2D eigenvalue weighted by atomic mass is 79.9. The van der Waals surface area contributed by atoms with Crippen LogP contribution in [0.4, 0.5) is 5.69 Å². The molecular formula is C18H18BrNO2. The average molecular weight is 360 g/mol. The number of hydrogen-bond acceptors (Lipinski definition) is 2. The van der Waals surface area contributed by atoms with Crippen LogP contribution in [0.1, 0.15) is 18.1 Å². The summed E-state index contributed by atoms with van der Waals surface area (Å²) in [5, 5.41) is 3.01. The van der Waals surface area contributed by atoms with Crippen LogP contribution in [-0.2, 0) is 17.6 Å². The minimum atomic E-state index is -0.0148. The van der Waals surface area contributed by atoms with Crippen LogP contribution in [0.15, 0.2) is 46.9 Å². The number of fused-ring (bicyclic) bond motifs is 1. The van der Waals surface area contributed by atoms with Crippen molar-refractivity contribution in [1.82, 2.24) is 0 Å². The van der Waals surface area contributed by atoms with Crippen LogP contribution in [0.3, 0.4) is 0 Å². The third-order valence-electron chi connectivity index (χ3n) is 3.92. The van der Waals surface area contributed by atoms with Gasteiger partial charge in [0.15, 0.2) is 0 Å². The number of nitrogens with one attached hydrogen (secondary N) is 1. The minimum absolute atomic E-state index is 0.0148. The zero-order valence-electron chi connectivity index (χ0n) is 12.4. The molecule has 1 aliphatic rings. The second kappa shape index (κ2) is 6.53. The molecule has 0 aromatic heterocycles. The Morgan fingerprint density at radius 3 is 2.82 bits per heavy atom. The number of halogens is 1. The number of hydrogen-bond donors (Lipinski definition) is 1. The van der Waals surface area contributed by atoms with Gasteiger partial charge >= 0.3 is 0 Å². The summed E-state index contributed by atoms with van der Waals surface area (Å²) in [6.07, 6.45) is 1.59. The fourth-order valence-electron chi connectivity index (χ4n) is 2.86. The molecule has 114 valence electrons. The van der Waals surface area contributed by atoms with E-state index in [1.807, 2.05) is 37.3 Å². The lowest BCUT2D eigenvalue weighted by Crippen LogP contribution is -2.23. The summed E-state index contributed by atoms with van der Waals surface area (Å²) in [5.74, 6) is 0.759. The number of rotatable bonds is 4. The number of carbonyl (C=O) groups is 1. The summed E-state index contributed by atoms with van der Waals surface area (Å²) in [6, 6.07) is 13.8. The first kappa shape index (κ1) is 15.1. The maximum Gasteiger partial charge on any atom is 0.228 e. The molecule has 0 saturated heterocycles. The summed E-state index contributed by atoms with van der Waals surface area (Å²) in [7, 11) is 0. The molecule has 0 bridgehead atoms. The van der Waals surface area contributed by atoms with E-state index in [1.54, 1.807) is 0 Å². The third kappa shape index (κ3) is 3.17. The number of benzene rings is 2. The van der Waals surface area contributed by atoms with Crippen molar-refractivity contribution in [2.24, 2.45) is 5.92 Å². The van der Waals surface area contributed by atoms with E-state index < -0.39 is 0 Å². The van der Waals surface area contributed by atoms with Crippen LogP contribution in [0.2, 0.25) is 0 Å². The summed E-state index contributed by atoms with van der Waals surface area (Å²) in [5.41, 5.74) is 3.26. The monoisotopic (exact) mass is 359 g/mol. The van der Waals surface area contributed by atoms with Crippen LogP contribution >= 0.6 is 15.9 Å². The van der Waals surface area contributed by atoms with Gasteiger partial charge in [-0.3, -0.25) is 4.79 Å². The van der Waals surface area contributed by atoms with Crippen molar-refractivity contribution in [2.45, 2.75) is 19.8 Å². The molecular weight excluding hydrogens is 342 g/mol. The summed E-state index contributed by atoms with van der Waals surface area (Å²) >= 11 is 3.49. The molecule has 22 heavy (non-hydrogen) atoms. The van der Waals surface area contributed by atoms with E-state index in [9.17, 15) is 4.79 Å².